The third-order valence-electron chi connectivity index (χ3n) is 5.33. The standard InChI is InChI=1S/C18H26N4O4/c1-17(2,3)26-16(25)21-9-8-18(14(21)23)12(10-19)13(20)22(15(18)24)11-6-4-5-7-11/h10-11,20H,4-9,19H2,1-3H3/b12-10+,20-13?. The van der Waals surface area contributed by atoms with Gasteiger partial charge in [-0.2, -0.15) is 0 Å². The minimum Gasteiger partial charge on any atom is -0.443 e. The third-order valence-corrected chi connectivity index (χ3v) is 5.33. The van der Waals surface area contributed by atoms with Crippen LogP contribution in [-0.4, -0.2) is 51.7 Å². The Kier molecular flexibility index (Phi) is 4.32. The predicted molar refractivity (Wildman–Crippen MR) is 94.1 cm³/mol. The number of ether oxygens (including phenoxy) is 1. The summed E-state index contributed by atoms with van der Waals surface area (Å²) in [6, 6.07) is -0.0762. The van der Waals surface area contributed by atoms with Crippen LogP contribution in [-0.2, 0) is 14.3 Å². The number of hydrogen-bond acceptors (Lipinski definition) is 6. The zero-order valence-electron chi connectivity index (χ0n) is 15.5. The van der Waals surface area contributed by atoms with E-state index >= 15 is 0 Å². The number of nitrogens with two attached hydrogens (primary N) is 1. The maximum Gasteiger partial charge on any atom is 0.417 e. The van der Waals surface area contributed by atoms with E-state index in [1.165, 1.54) is 11.1 Å². The van der Waals surface area contributed by atoms with E-state index in [1.54, 1.807) is 20.8 Å². The summed E-state index contributed by atoms with van der Waals surface area (Å²) in [5.74, 6) is -1.08. The van der Waals surface area contributed by atoms with Gasteiger partial charge in [0.1, 0.15) is 11.4 Å². The molecule has 1 saturated carbocycles. The maximum atomic E-state index is 13.2. The van der Waals surface area contributed by atoms with Crippen LogP contribution in [0.5, 0.6) is 0 Å². The van der Waals surface area contributed by atoms with Crippen molar-refractivity contribution < 1.29 is 19.1 Å². The van der Waals surface area contributed by atoms with Gasteiger partial charge < -0.3 is 10.5 Å². The highest BCUT2D eigenvalue weighted by Gasteiger charge is 2.65. The second kappa shape index (κ2) is 6.10. The molecule has 8 heteroatoms. The molecule has 1 spiro atoms. The number of carbonyl (C=O) groups is 3. The molecule has 0 bridgehead atoms. The molecule has 3 aliphatic rings. The fourth-order valence-electron chi connectivity index (χ4n) is 4.14. The molecule has 26 heavy (non-hydrogen) atoms. The van der Waals surface area contributed by atoms with Crippen molar-refractivity contribution in [3.63, 3.8) is 0 Å². The molecule has 2 aliphatic heterocycles. The van der Waals surface area contributed by atoms with E-state index in [0.29, 0.717) is 0 Å². The first-order valence-corrected chi connectivity index (χ1v) is 9.03. The van der Waals surface area contributed by atoms with Crippen LogP contribution < -0.4 is 5.73 Å². The zero-order chi connectivity index (χ0) is 19.3. The highest BCUT2D eigenvalue weighted by molar-refractivity contribution is 6.29. The Morgan fingerprint density at radius 2 is 1.88 bits per heavy atom. The summed E-state index contributed by atoms with van der Waals surface area (Å²) in [4.78, 5) is 41.2. The molecule has 1 unspecified atom stereocenters. The van der Waals surface area contributed by atoms with Crippen LogP contribution in [0.1, 0.15) is 52.9 Å². The highest BCUT2D eigenvalue weighted by Crippen LogP contribution is 2.48. The second-order valence-electron chi connectivity index (χ2n) is 8.13. The lowest BCUT2D eigenvalue weighted by Crippen LogP contribution is -2.46. The summed E-state index contributed by atoms with van der Waals surface area (Å²) in [5, 5.41) is 8.43. The van der Waals surface area contributed by atoms with Gasteiger partial charge in [-0.15, -0.1) is 0 Å². The van der Waals surface area contributed by atoms with Crippen LogP contribution in [0, 0.1) is 10.8 Å². The number of carbonyl (C=O) groups excluding carboxylic acids is 3. The van der Waals surface area contributed by atoms with Crippen molar-refractivity contribution in [1.82, 2.24) is 9.80 Å². The number of nitrogens with zero attached hydrogens (tertiary/aromatic N) is 2. The Labute approximate surface area is 152 Å². The molecule has 142 valence electrons. The molecular formula is C18H26N4O4. The zero-order valence-corrected chi connectivity index (χ0v) is 15.5. The van der Waals surface area contributed by atoms with Gasteiger partial charge in [-0.25, -0.2) is 9.69 Å². The van der Waals surface area contributed by atoms with Crippen molar-refractivity contribution in [3.8, 4) is 0 Å². The first-order valence-electron chi connectivity index (χ1n) is 9.03. The summed E-state index contributed by atoms with van der Waals surface area (Å²) < 4.78 is 5.29. The van der Waals surface area contributed by atoms with Crippen molar-refractivity contribution in [2.24, 2.45) is 11.1 Å². The summed E-state index contributed by atoms with van der Waals surface area (Å²) in [6.07, 6.45) is 4.14. The monoisotopic (exact) mass is 362 g/mol. The van der Waals surface area contributed by atoms with Crippen molar-refractivity contribution in [2.45, 2.75) is 64.5 Å². The van der Waals surface area contributed by atoms with E-state index < -0.39 is 28.9 Å². The number of rotatable bonds is 1. The molecule has 2 saturated heterocycles. The largest absolute Gasteiger partial charge is 0.443 e. The fraction of sp³-hybridized carbons (Fsp3) is 0.667. The molecule has 2 heterocycles. The van der Waals surface area contributed by atoms with Gasteiger partial charge in [-0.1, -0.05) is 12.8 Å². The summed E-state index contributed by atoms with van der Waals surface area (Å²) in [7, 11) is 0. The Hall–Kier alpha value is -2.38. The molecule has 0 aromatic rings. The molecule has 3 rings (SSSR count). The van der Waals surface area contributed by atoms with Crippen molar-refractivity contribution in [1.29, 1.82) is 5.41 Å². The van der Waals surface area contributed by atoms with E-state index in [2.05, 4.69) is 0 Å². The average Bonchev–Trinajstić information content (AvgIpc) is 3.20. The van der Waals surface area contributed by atoms with Crippen LogP contribution in [0.25, 0.3) is 0 Å². The van der Waals surface area contributed by atoms with E-state index in [9.17, 15) is 14.4 Å². The lowest BCUT2D eigenvalue weighted by molar-refractivity contribution is -0.144. The maximum absolute atomic E-state index is 13.2. The first kappa shape index (κ1) is 18.4. The van der Waals surface area contributed by atoms with Gasteiger partial charge in [-0.05, 0) is 40.0 Å². The Morgan fingerprint density at radius 1 is 1.27 bits per heavy atom. The number of hydrogen-bond donors (Lipinski definition) is 2. The Bertz CT molecular complexity index is 702. The van der Waals surface area contributed by atoms with Crippen LogP contribution in [0.3, 0.4) is 0 Å². The number of nitrogens with one attached hydrogen (secondary N) is 1. The number of likely N-dealkylation sites (tertiary alicyclic amines) is 2. The van der Waals surface area contributed by atoms with Gasteiger partial charge in [-0.3, -0.25) is 19.9 Å². The molecular weight excluding hydrogens is 336 g/mol. The first-order chi connectivity index (χ1) is 12.1. The topological polar surface area (TPSA) is 117 Å². The molecule has 0 aromatic carbocycles. The van der Waals surface area contributed by atoms with E-state index in [4.69, 9.17) is 15.9 Å². The smallest absolute Gasteiger partial charge is 0.417 e. The van der Waals surface area contributed by atoms with Crippen molar-refractivity contribution in [2.75, 3.05) is 6.54 Å². The molecule has 1 aliphatic carbocycles. The summed E-state index contributed by atoms with van der Waals surface area (Å²) >= 11 is 0. The van der Waals surface area contributed by atoms with Gasteiger partial charge in [0.2, 0.25) is 5.91 Å². The van der Waals surface area contributed by atoms with E-state index in [-0.39, 0.29) is 30.4 Å². The number of imide groups is 1. The molecule has 3 fully saturated rings. The third kappa shape index (κ3) is 2.59. The molecule has 1 atom stereocenters. The molecule has 8 nitrogen and oxygen atoms in total. The average molecular weight is 362 g/mol. The lowest BCUT2D eigenvalue weighted by atomic mass is 9.80. The molecule has 3 amide bonds. The summed E-state index contributed by atoms with van der Waals surface area (Å²) in [5.41, 5.74) is 3.61. The minimum absolute atomic E-state index is 0.0104. The van der Waals surface area contributed by atoms with Gasteiger partial charge in [0, 0.05) is 24.4 Å². The van der Waals surface area contributed by atoms with Gasteiger partial charge in [0.05, 0.1) is 0 Å². The van der Waals surface area contributed by atoms with Crippen LogP contribution in [0.2, 0.25) is 0 Å². The molecule has 3 N–H and O–H groups in total. The Balaban J connectivity index is 1.93. The lowest BCUT2D eigenvalue weighted by Gasteiger charge is -2.26. The van der Waals surface area contributed by atoms with Gasteiger partial charge in [0.25, 0.3) is 5.91 Å². The number of amides is 3. The van der Waals surface area contributed by atoms with E-state index in [1.807, 2.05) is 0 Å². The van der Waals surface area contributed by atoms with Crippen LogP contribution in [0.4, 0.5) is 4.79 Å². The SMILES string of the molecule is CC(C)(C)OC(=O)N1CCC2(C1=O)C(=O)N(C1CCCC1)C(=N)/C2=C\N. The van der Waals surface area contributed by atoms with Crippen molar-refractivity contribution in [3.05, 3.63) is 11.8 Å². The number of amidine groups is 1. The van der Waals surface area contributed by atoms with Crippen LogP contribution >= 0.6 is 0 Å². The van der Waals surface area contributed by atoms with E-state index in [0.717, 1.165) is 30.6 Å². The highest BCUT2D eigenvalue weighted by atomic mass is 16.6. The predicted octanol–water partition coefficient (Wildman–Crippen LogP) is 1.74. The van der Waals surface area contributed by atoms with Crippen LogP contribution in [0.15, 0.2) is 11.8 Å². The van der Waals surface area contributed by atoms with Gasteiger partial charge >= 0.3 is 6.09 Å². The normalized spacial score (nSPS) is 28.9. The quantitative estimate of drug-likeness (QED) is 0.689. The molecule has 0 radical (unpaired) electrons. The van der Waals surface area contributed by atoms with Crippen molar-refractivity contribution >= 4 is 23.7 Å². The second-order valence-corrected chi connectivity index (χ2v) is 8.13. The Morgan fingerprint density at radius 3 is 2.42 bits per heavy atom. The fourth-order valence-corrected chi connectivity index (χ4v) is 4.14. The summed E-state index contributed by atoms with van der Waals surface area (Å²) in [6.45, 7) is 5.21. The molecule has 0 aromatic heterocycles. The van der Waals surface area contributed by atoms with Gasteiger partial charge in [0.15, 0.2) is 5.41 Å². The minimum atomic E-state index is -1.56.